The van der Waals surface area contributed by atoms with Crippen molar-refractivity contribution in [1.29, 1.82) is 0 Å². The molecule has 28 heavy (non-hydrogen) atoms. The summed E-state index contributed by atoms with van der Waals surface area (Å²) in [6.45, 7) is 1.66. The van der Waals surface area contributed by atoms with E-state index in [1.165, 1.54) is 22.9 Å². The highest BCUT2D eigenvalue weighted by atomic mass is 19.1. The van der Waals surface area contributed by atoms with Crippen molar-refractivity contribution in [1.82, 2.24) is 15.1 Å². The third-order valence-corrected chi connectivity index (χ3v) is 5.46. The number of rotatable bonds is 6. The summed E-state index contributed by atoms with van der Waals surface area (Å²) in [6, 6.07) is 9.62. The third kappa shape index (κ3) is 4.40. The van der Waals surface area contributed by atoms with Gasteiger partial charge in [-0.15, -0.1) is 0 Å². The molecule has 1 atom stereocenters. The van der Waals surface area contributed by atoms with Gasteiger partial charge in [-0.1, -0.05) is 12.1 Å². The van der Waals surface area contributed by atoms with Crippen molar-refractivity contribution in [3.05, 3.63) is 58.1 Å². The van der Waals surface area contributed by atoms with Crippen LogP contribution in [0, 0.1) is 11.7 Å². The maximum atomic E-state index is 13.5. The van der Waals surface area contributed by atoms with Crippen LogP contribution in [0.2, 0.25) is 0 Å². The van der Waals surface area contributed by atoms with Gasteiger partial charge in [0.1, 0.15) is 11.6 Å². The Labute approximate surface area is 163 Å². The van der Waals surface area contributed by atoms with Crippen molar-refractivity contribution >= 4 is 11.7 Å². The predicted molar refractivity (Wildman–Crippen MR) is 105 cm³/mol. The number of nitrogens with zero attached hydrogens (tertiary/aromatic N) is 3. The van der Waals surface area contributed by atoms with E-state index in [9.17, 15) is 14.0 Å². The van der Waals surface area contributed by atoms with Gasteiger partial charge < -0.3 is 10.2 Å². The van der Waals surface area contributed by atoms with Crippen LogP contribution in [0.25, 0.3) is 0 Å². The molecule has 1 unspecified atom stereocenters. The predicted octanol–water partition coefficient (Wildman–Crippen LogP) is 2.32. The molecule has 1 aromatic heterocycles. The summed E-state index contributed by atoms with van der Waals surface area (Å²) in [7, 11) is 0. The van der Waals surface area contributed by atoms with Gasteiger partial charge in [0.05, 0.1) is 6.54 Å². The maximum Gasteiger partial charge on any atom is 0.267 e. The quantitative estimate of drug-likeness (QED) is 0.830. The van der Waals surface area contributed by atoms with Gasteiger partial charge in [-0.2, -0.15) is 5.10 Å². The zero-order valence-corrected chi connectivity index (χ0v) is 15.8. The van der Waals surface area contributed by atoms with Gasteiger partial charge in [0.25, 0.3) is 5.56 Å². The van der Waals surface area contributed by atoms with E-state index in [4.69, 9.17) is 0 Å². The molecule has 148 valence electrons. The van der Waals surface area contributed by atoms with Crippen LogP contribution in [0.4, 0.5) is 10.2 Å². The van der Waals surface area contributed by atoms with Gasteiger partial charge >= 0.3 is 0 Å². The lowest BCUT2D eigenvalue weighted by atomic mass is 10.0. The lowest BCUT2D eigenvalue weighted by Crippen LogP contribution is -2.48. The lowest BCUT2D eigenvalue weighted by Gasteiger charge is -2.36. The summed E-state index contributed by atoms with van der Waals surface area (Å²) in [4.78, 5) is 26.4. The standard InChI is InChI=1S/C21H25FN4O2/c22-17-5-3-4-15(12-17)14-26-20(27)10-9-19(24-26)25-11-2-1-6-18(25)13-23-21(28)16-7-8-16/h3-5,9-10,12,16,18H,1-2,6-8,11,13-14H2,(H,23,28). The second kappa shape index (κ2) is 8.12. The van der Waals surface area contributed by atoms with Crippen LogP contribution in [0.3, 0.4) is 0 Å². The first-order valence-electron chi connectivity index (χ1n) is 9.97. The Hall–Kier alpha value is -2.70. The summed E-state index contributed by atoms with van der Waals surface area (Å²) in [5.74, 6) is 0.739. The maximum absolute atomic E-state index is 13.5. The minimum Gasteiger partial charge on any atom is -0.354 e. The molecule has 0 radical (unpaired) electrons. The minimum atomic E-state index is -0.329. The van der Waals surface area contributed by atoms with E-state index in [0.29, 0.717) is 12.1 Å². The summed E-state index contributed by atoms with van der Waals surface area (Å²) < 4.78 is 14.8. The smallest absolute Gasteiger partial charge is 0.267 e. The molecule has 1 aromatic carbocycles. The van der Waals surface area contributed by atoms with Gasteiger partial charge in [-0.05, 0) is 55.9 Å². The highest BCUT2D eigenvalue weighted by Gasteiger charge is 2.31. The zero-order chi connectivity index (χ0) is 19.5. The van der Waals surface area contributed by atoms with Crippen LogP contribution >= 0.6 is 0 Å². The van der Waals surface area contributed by atoms with Crippen LogP contribution in [0.1, 0.15) is 37.7 Å². The molecule has 7 heteroatoms. The number of hydrogen-bond acceptors (Lipinski definition) is 4. The van der Waals surface area contributed by atoms with Crippen molar-refractivity contribution in [3.63, 3.8) is 0 Å². The average Bonchev–Trinajstić information content (AvgIpc) is 3.54. The Morgan fingerprint density at radius 2 is 2.04 bits per heavy atom. The first kappa shape index (κ1) is 18.7. The number of hydrogen-bond donors (Lipinski definition) is 1. The number of benzene rings is 1. The highest BCUT2D eigenvalue weighted by Crippen LogP contribution is 2.29. The Kier molecular flexibility index (Phi) is 5.41. The van der Waals surface area contributed by atoms with Gasteiger partial charge in [-0.25, -0.2) is 9.07 Å². The van der Waals surface area contributed by atoms with Gasteiger partial charge in [-0.3, -0.25) is 9.59 Å². The monoisotopic (exact) mass is 384 g/mol. The second-order valence-corrected chi connectivity index (χ2v) is 7.68. The third-order valence-electron chi connectivity index (χ3n) is 5.46. The van der Waals surface area contributed by atoms with Crippen molar-refractivity contribution in [2.24, 2.45) is 5.92 Å². The van der Waals surface area contributed by atoms with Crippen LogP contribution in [-0.4, -0.2) is 34.8 Å². The Morgan fingerprint density at radius 3 is 2.82 bits per heavy atom. The number of amides is 1. The molecule has 2 aromatic rings. The number of anilines is 1. The largest absolute Gasteiger partial charge is 0.354 e. The van der Waals surface area contributed by atoms with E-state index in [1.807, 2.05) is 0 Å². The Bertz CT molecular complexity index is 909. The molecular weight excluding hydrogens is 359 g/mol. The van der Waals surface area contributed by atoms with Crippen molar-refractivity contribution < 1.29 is 9.18 Å². The number of aromatic nitrogens is 2. The molecule has 2 heterocycles. The van der Waals surface area contributed by atoms with Crippen LogP contribution < -0.4 is 15.8 Å². The molecule has 1 saturated carbocycles. The number of carbonyl (C=O) groups excluding carboxylic acids is 1. The molecule has 1 aliphatic heterocycles. The highest BCUT2D eigenvalue weighted by molar-refractivity contribution is 5.80. The number of carbonyl (C=O) groups is 1. The molecule has 1 N–H and O–H groups in total. The molecule has 1 aliphatic carbocycles. The van der Waals surface area contributed by atoms with E-state index in [0.717, 1.165) is 44.5 Å². The minimum absolute atomic E-state index is 0.148. The van der Waals surface area contributed by atoms with Gasteiger partial charge in [0.15, 0.2) is 0 Å². The Morgan fingerprint density at radius 1 is 1.18 bits per heavy atom. The fourth-order valence-corrected chi connectivity index (χ4v) is 3.74. The van der Waals surface area contributed by atoms with Crippen molar-refractivity contribution in [3.8, 4) is 0 Å². The Balaban J connectivity index is 1.51. The normalized spacial score (nSPS) is 19.5. The molecule has 1 saturated heterocycles. The van der Waals surface area contributed by atoms with Crippen molar-refractivity contribution in [2.75, 3.05) is 18.0 Å². The molecule has 1 amide bonds. The van der Waals surface area contributed by atoms with Crippen molar-refractivity contribution in [2.45, 2.75) is 44.7 Å². The molecule has 0 spiro atoms. The first-order chi connectivity index (χ1) is 13.6. The van der Waals surface area contributed by atoms with E-state index in [1.54, 1.807) is 18.2 Å². The van der Waals surface area contributed by atoms with E-state index in [-0.39, 0.29) is 35.8 Å². The SMILES string of the molecule is O=C(NCC1CCCCN1c1ccc(=O)n(Cc2cccc(F)c2)n1)C1CC1. The van der Waals surface area contributed by atoms with Gasteiger partial charge in [0.2, 0.25) is 5.91 Å². The number of halogens is 1. The molecular formula is C21H25FN4O2. The lowest BCUT2D eigenvalue weighted by molar-refractivity contribution is -0.122. The van der Waals surface area contributed by atoms with E-state index < -0.39 is 0 Å². The second-order valence-electron chi connectivity index (χ2n) is 7.68. The number of piperidine rings is 1. The summed E-state index contributed by atoms with van der Waals surface area (Å²) >= 11 is 0. The summed E-state index contributed by atoms with van der Waals surface area (Å²) in [6.07, 6.45) is 5.14. The first-order valence-corrected chi connectivity index (χ1v) is 9.97. The van der Waals surface area contributed by atoms with Crippen LogP contribution in [0.5, 0.6) is 0 Å². The molecule has 2 aliphatic rings. The topological polar surface area (TPSA) is 67.2 Å². The fourth-order valence-electron chi connectivity index (χ4n) is 3.74. The summed E-state index contributed by atoms with van der Waals surface area (Å²) in [5, 5.41) is 7.61. The number of nitrogens with one attached hydrogen (secondary N) is 1. The van der Waals surface area contributed by atoms with Crippen LogP contribution in [-0.2, 0) is 11.3 Å². The average molecular weight is 384 g/mol. The van der Waals surface area contributed by atoms with Crippen LogP contribution in [0.15, 0.2) is 41.2 Å². The van der Waals surface area contributed by atoms with E-state index in [2.05, 4.69) is 15.3 Å². The molecule has 2 fully saturated rings. The zero-order valence-electron chi connectivity index (χ0n) is 15.8. The molecule has 4 rings (SSSR count). The summed E-state index contributed by atoms with van der Waals surface area (Å²) in [5.41, 5.74) is 0.474. The fraction of sp³-hybridized carbons (Fsp3) is 0.476. The molecule has 0 bridgehead atoms. The van der Waals surface area contributed by atoms with Gasteiger partial charge in [0, 0.05) is 31.1 Å². The molecule has 6 nitrogen and oxygen atoms in total. The van der Waals surface area contributed by atoms with E-state index >= 15 is 0 Å².